The Morgan fingerprint density at radius 3 is 2.34 bits per heavy atom. The van der Waals surface area contributed by atoms with Gasteiger partial charge < -0.3 is 25.4 Å². The summed E-state index contributed by atoms with van der Waals surface area (Å²) in [4.78, 5) is 14.9. The molecule has 1 unspecified atom stereocenters. The molecule has 1 atom stereocenters. The summed E-state index contributed by atoms with van der Waals surface area (Å²) in [6, 6.07) is 15.1. The van der Waals surface area contributed by atoms with Crippen LogP contribution in [-0.4, -0.2) is 45.2 Å². The number of nitrogens with zero attached hydrogens (tertiary/aromatic N) is 1. The maximum absolute atomic E-state index is 12.6. The molecular weight excluding hydrogens is 392 g/mol. The van der Waals surface area contributed by atoms with E-state index in [4.69, 9.17) is 20.6 Å². The standard InChI is InChI=1S/C21H26N4O3.ClH/c1-27-19(16-6-8-18(9-7-16)25-10-12-28-13-11-25)21(26)24-14-15-2-4-17(5-3-15)20(22)23;/h2-9,19H,10-14H2,1H3,(H3,22,23)(H,24,26);1H. The SMILES string of the molecule is COC(C(=O)NCc1ccc(C(=N)N)cc1)c1ccc(N2CCOCC2)cc1.Cl. The average molecular weight is 419 g/mol. The summed E-state index contributed by atoms with van der Waals surface area (Å²) in [5.41, 5.74) is 8.97. The van der Waals surface area contributed by atoms with E-state index in [1.165, 1.54) is 7.11 Å². The van der Waals surface area contributed by atoms with E-state index in [-0.39, 0.29) is 24.1 Å². The van der Waals surface area contributed by atoms with Crippen LogP contribution in [0.3, 0.4) is 0 Å². The molecule has 3 rings (SSSR count). The van der Waals surface area contributed by atoms with E-state index in [9.17, 15) is 4.79 Å². The van der Waals surface area contributed by atoms with E-state index >= 15 is 0 Å². The summed E-state index contributed by atoms with van der Waals surface area (Å²) >= 11 is 0. The zero-order valence-corrected chi connectivity index (χ0v) is 17.2. The molecule has 0 aliphatic carbocycles. The molecule has 1 fully saturated rings. The summed E-state index contributed by atoms with van der Waals surface area (Å²) in [5.74, 6) is -0.173. The topological polar surface area (TPSA) is 101 Å². The maximum atomic E-state index is 12.6. The van der Waals surface area contributed by atoms with Gasteiger partial charge in [0.2, 0.25) is 0 Å². The van der Waals surface area contributed by atoms with Crippen LogP contribution in [0.4, 0.5) is 5.69 Å². The number of nitrogen functional groups attached to an aromatic ring is 1. The van der Waals surface area contributed by atoms with E-state index < -0.39 is 6.10 Å². The molecule has 1 aliphatic rings. The minimum absolute atomic E-state index is 0. The lowest BCUT2D eigenvalue weighted by molar-refractivity contribution is -0.131. The van der Waals surface area contributed by atoms with Gasteiger partial charge in [-0.05, 0) is 23.3 Å². The van der Waals surface area contributed by atoms with Crippen molar-refractivity contribution < 1.29 is 14.3 Å². The fourth-order valence-electron chi connectivity index (χ4n) is 3.16. The van der Waals surface area contributed by atoms with Crippen molar-refractivity contribution in [2.45, 2.75) is 12.6 Å². The number of nitrogens with one attached hydrogen (secondary N) is 2. The van der Waals surface area contributed by atoms with Crippen molar-refractivity contribution in [1.82, 2.24) is 5.32 Å². The van der Waals surface area contributed by atoms with Gasteiger partial charge in [0, 0.05) is 38.0 Å². The molecule has 156 valence electrons. The third-order valence-corrected chi connectivity index (χ3v) is 4.78. The molecule has 1 saturated heterocycles. The minimum Gasteiger partial charge on any atom is -0.384 e. The first-order valence-corrected chi connectivity index (χ1v) is 9.25. The van der Waals surface area contributed by atoms with Crippen LogP contribution in [0.25, 0.3) is 0 Å². The number of carbonyl (C=O) groups excluding carboxylic acids is 1. The van der Waals surface area contributed by atoms with Crippen LogP contribution in [0.15, 0.2) is 48.5 Å². The Hall–Kier alpha value is -2.61. The summed E-state index contributed by atoms with van der Waals surface area (Å²) in [6.07, 6.45) is -0.671. The Morgan fingerprint density at radius 2 is 1.79 bits per heavy atom. The second-order valence-electron chi connectivity index (χ2n) is 6.64. The lowest BCUT2D eigenvalue weighted by Gasteiger charge is -2.29. The molecule has 0 spiro atoms. The fraction of sp³-hybridized carbons (Fsp3) is 0.333. The molecule has 0 saturated carbocycles. The van der Waals surface area contributed by atoms with Gasteiger partial charge in [-0.15, -0.1) is 12.4 Å². The van der Waals surface area contributed by atoms with Gasteiger partial charge in [-0.2, -0.15) is 0 Å². The maximum Gasteiger partial charge on any atom is 0.254 e. The molecule has 1 aliphatic heterocycles. The first-order valence-electron chi connectivity index (χ1n) is 9.25. The molecule has 0 bridgehead atoms. The minimum atomic E-state index is -0.671. The van der Waals surface area contributed by atoms with Gasteiger partial charge in [-0.1, -0.05) is 36.4 Å². The zero-order chi connectivity index (χ0) is 19.9. The highest BCUT2D eigenvalue weighted by atomic mass is 35.5. The Bertz CT molecular complexity index is 806. The first-order chi connectivity index (χ1) is 13.6. The Morgan fingerprint density at radius 1 is 1.17 bits per heavy atom. The Labute approximate surface area is 177 Å². The van der Waals surface area contributed by atoms with E-state index in [1.54, 1.807) is 12.1 Å². The fourth-order valence-corrected chi connectivity index (χ4v) is 3.16. The smallest absolute Gasteiger partial charge is 0.254 e. The van der Waals surface area contributed by atoms with Crippen LogP contribution in [-0.2, 0) is 20.8 Å². The van der Waals surface area contributed by atoms with Crippen LogP contribution >= 0.6 is 12.4 Å². The van der Waals surface area contributed by atoms with E-state index in [0.717, 1.165) is 43.1 Å². The number of ether oxygens (including phenoxy) is 2. The lowest BCUT2D eigenvalue weighted by atomic mass is 10.1. The molecule has 2 aromatic rings. The molecule has 1 amide bonds. The van der Waals surface area contributed by atoms with E-state index in [0.29, 0.717) is 12.1 Å². The van der Waals surface area contributed by atoms with E-state index in [2.05, 4.69) is 10.2 Å². The number of methoxy groups -OCH3 is 1. The third-order valence-electron chi connectivity index (χ3n) is 4.78. The third kappa shape index (κ3) is 5.93. The molecule has 0 radical (unpaired) electrons. The van der Waals surface area contributed by atoms with Crippen molar-refractivity contribution in [3.8, 4) is 0 Å². The number of anilines is 1. The molecular formula is C21H27ClN4O3. The molecule has 8 heteroatoms. The number of benzene rings is 2. The van der Waals surface area contributed by atoms with Crippen molar-refractivity contribution in [2.24, 2.45) is 5.73 Å². The number of nitrogens with two attached hydrogens (primary N) is 1. The molecule has 1 heterocycles. The predicted molar refractivity (Wildman–Crippen MR) is 116 cm³/mol. The Kier molecular flexibility index (Phi) is 8.45. The zero-order valence-electron chi connectivity index (χ0n) is 16.4. The van der Waals surface area contributed by atoms with Crippen LogP contribution < -0.4 is 16.0 Å². The number of hydrogen-bond acceptors (Lipinski definition) is 5. The van der Waals surface area contributed by atoms with Crippen LogP contribution in [0, 0.1) is 5.41 Å². The monoisotopic (exact) mass is 418 g/mol. The van der Waals surface area contributed by atoms with Crippen molar-refractivity contribution in [2.75, 3.05) is 38.3 Å². The summed E-state index contributed by atoms with van der Waals surface area (Å²) in [6.45, 7) is 3.59. The van der Waals surface area contributed by atoms with Crippen LogP contribution in [0.2, 0.25) is 0 Å². The molecule has 0 aromatic heterocycles. The summed E-state index contributed by atoms with van der Waals surface area (Å²) in [7, 11) is 1.53. The van der Waals surface area contributed by atoms with Gasteiger partial charge in [-0.25, -0.2) is 0 Å². The number of amides is 1. The normalized spacial score (nSPS) is 14.6. The largest absolute Gasteiger partial charge is 0.384 e. The van der Waals surface area contributed by atoms with Crippen molar-refractivity contribution in [1.29, 1.82) is 5.41 Å². The highest BCUT2D eigenvalue weighted by molar-refractivity contribution is 5.94. The van der Waals surface area contributed by atoms with Gasteiger partial charge in [0.1, 0.15) is 5.84 Å². The lowest BCUT2D eigenvalue weighted by Crippen LogP contribution is -2.36. The molecule has 7 nitrogen and oxygen atoms in total. The van der Waals surface area contributed by atoms with Gasteiger partial charge in [0.15, 0.2) is 6.10 Å². The van der Waals surface area contributed by atoms with Crippen LogP contribution in [0.5, 0.6) is 0 Å². The number of carbonyl (C=O) groups is 1. The average Bonchev–Trinajstić information content (AvgIpc) is 2.74. The quantitative estimate of drug-likeness (QED) is 0.473. The number of amidine groups is 1. The van der Waals surface area contributed by atoms with Crippen molar-refractivity contribution in [3.05, 3.63) is 65.2 Å². The number of rotatable bonds is 7. The van der Waals surface area contributed by atoms with Gasteiger partial charge in [0.05, 0.1) is 13.2 Å². The number of hydrogen-bond donors (Lipinski definition) is 3. The molecule has 4 N–H and O–H groups in total. The van der Waals surface area contributed by atoms with Gasteiger partial charge in [-0.3, -0.25) is 10.2 Å². The molecule has 2 aromatic carbocycles. The second-order valence-corrected chi connectivity index (χ2v) is 6.64. The first kappa shape index (κ1) is 22.7. The molecule has 29 heavy (non-hydrogen) atoms. The van der Waals surface area contributed by atoms with E-state index in [1.807, 2.05) is 36.4 Å². The van der Waals surface area contributed by atoms with Gasteiger partial charge >= 0.3 is 0 Å². The highest BCUT2D eigenvalue weighted by Crippen LogP contribution is 2.22. The second kappa shape index (κ2) is 10.8. The van der Waals surface area contributed by atoms with Gasteiger partial charge in [0.25, 0.3) is 5.91 Å². The highest BCUT2D eigenvalue weighted by Gasteiger charge is 2.20. The summed E-state index contributed by atoms with van der Waals surface area (Å²) < 4.78 is 10.8. The Balaban J connectivity index is 0.00000300. The van der Waals surface area contributed by atoms with Crippen LogP contribution in [0.1, 0.15) is 22.8 Å². The van der Waals surface area contributed by atoms with Crippen molar-refractivity contribution >= 4 is 29.8 Å². The predicted octanol–water partition coefficient (Wildman–Crippen LogP) is 2.23. The number of morpholine rings is 1. The summed E-state index contributed by atoms with van der Waals surface area (Å²) in [5, 5.41) is 10.3. The van der Waals surface area contributed by atoms with Crippen molar-refractivity contribution in [3.63, 3.8) is 0 Å². The number of halogens is 1.